The number of amides is 1. The summed E-state index contributed by atoms with van der Waals surface area (Å²) in [6.45, 7) is 3.89. The predicted octanol–water partition coefficient (Wildman–Crippen LogP) is 4.59. The molecule has 0 bridgehead atoms. The van der Waals surface area contributed by atoms with E-state index in [-0.39, 0.29) is 30.3 Å². The van der Waals surface area contributed by atoms with Crippen LogP contribution in [0.3, 0.4) is 0 Å². The highest BCUT2D eigenvalue weighted by atomic mass is 17.1. The van der Waals surface area contributed by atoms with Crippen molar-refractivity contribution >= 4 is 17.8 Å². The lowest BCUT2D eigenvalue weighted by molar-refractivity contribution is -0.497. The third-order valence-corrected chi connectivity index (χ3v) is 7.61. The molecule has 1 aliphatic heterocycles. The summed E-state index contributed by atoms with van der Waals surface area (Å²) in [5.41, 5.74) is 6.42. The van der Waals surface area contributed by atoms with E-state index in [9.17, 15) is 9.59 Å². The molecule has 234 valence electrons. The van der Waals surface area contributed by atoms with Gasteiger partial charge in [0.1, 0.15) is 18.2 Å². The maximum absolute atomic E-state index is 12.9. The number of aryl methyl sites for hydroxylation is 2. The van der Waals surface area contributed by atoms with Gasteiger partial charge in [0.05, 0.1) is 18.5 Å². The van der Waals surface area contributed by atoms with E-state index in [4.69, 9.17) is 15.2 Å². The van der Waals surface area contributed by atoms with Crippen molar-refractivity contribution in [3.05, 3.63) is 107 Å². The van der Waals surface area contributed by atoms with Crippen LogP contribution in [0.25, 0.3) is 22.5 Å². The molecule has 3 aromatic carbocycles. The van der Waals surface area contributed by atoms with Crippen LogP contribution in [0.1, 0.15) is 40.2 Å². The molecule has 0 saturated heterocycles. The Morgan fingerprint density at radius 2 is 1.59 bits per heavy atom. The zero-order chi connectivity index (χ0) is 32.2. The Morgan fingerprint density at radius 1 is 0.891 bits per heavy atom. The SMILES string of the molecule is Cc1nc(C)c2c(n1)N(Cc1ccc(-c3ccccc3-c3nnn(C(=O)OCc4ccccc4CON(O)O)n3)cc1)C(=O)CC2. The molecule has 1 amide bonds. The molecular formula is C32H30N8O6. The monoisotopic (exact) mass is 622 g/mol. The summed E-state index contributed by atoms with van der Waals surface area (Å²) in [4.78, 5) is 41.9. The molecule has 3 heterocycles. The van der Waals surface area contributed by atoms with E-state index in [2.05, 4.69) is 30.2 Å². The van der Waals surface area contributed by atoms with Crippen LogP contribution in [0.2, 0.25) is 0 Å². The second-order valence-corrected chi connectivity index (χ2v) is 10.6. The molecule has 14 nitrogen and oxygen atoms in total. The van der Waals surface area contributed by atoms with Gasteiger partial charge in [0.2, 0.25) is 11.7 Å². The van der Waals surface area contributed by atoms with Crippen molar-refractivity contribution in [2.45, 2.75) is 46.4 Å². The molecule has 0 aliphatic carbocycles. The standard InChI is InChI=1S/C32H30N8O6/c1-20-26-15-16-29(41)38(31(26)34-21(2)33-20)17-22-11-13-23(14-12-22)27-9-5-6-10-28(27)30-35-37-39(36-30)32(42)45-18-24-7-3-4-8-25(24)19-46-40(43)44/h3-14,43-44H,15-19H2,1-2H3. The first-order valence-corrected chi connectivity index (χ1v) is 14.4. The Bertz CT molecular complexity index is 1890. The van der Waals surface area contributed by atoms with Gasteiger partial charge in [0, 0.05) is 23.2 Å². The molecular weight excluding hydrogens is 592 g/mol. The van der Waals surface area contributed by atoms with E-state index < -0.39 is 6.09 Å². The first-order valence-electron chi connectivity index (χ1n) is 14.4. The van der Waals surface area contributed by atoms with Crippen molar-refractivity contribution in [3.8, 4) is 22.5 Å². The second-order valence-electron chi connectivity index (χ2n) is 10.6. The zero-order valence-corrected chi connectivity index (χ0v) is 25.1. The molecule has 0 spiro atoms. The van der Waals surface area contributed by atoms with Gasteiger partial charge in [-0.05, 0) is 53.3 Å². The van der Waals surface area contributed by atoms with Crippen molar-refractivity contribution in [1.29, 1.82) is 0 Å². The number of rotatable bonds is 9. The quantitative estimate of drug-likeness (QED) is 0.220. The number of hydrogen-bond acceptors (Lipinski definition) is 12. The third-order valence-electron chi connectivity index (χ3n) is 7.61. The molecule has 6 rings (SSSR count). The molecule has 0 fully saturated rings. The average Bonchev–Trinajstić information content (AvgIpc) is 3.55. The number of tetrazole rings is 1. The highest BCUT2D eigenvalue weighted by molar-refractivity contribution is 5.95. The van der Waals surface area contributed by atoms with Gasteiger partial charge in [-0.25, -0.2) is 19.6 Å². The third kappa shape index (κ3) is 6.64. The van der Waals surface area contributed by atoms with Gasteiger partial charge >= 0.3 is 6.09 Å². The van der Waals surface area contributed by atoms with E-state index in [1.165, 1.54) is 0 Å². The number of benzene rings is 3. The van der Waals surface area contributed by atoms with Crippen LogP contribution in [0, 0.1) is 13.8 Å². The molecule has 0 atom stereocenters. The minimum atomic E-state index is -0.841. The molecule has 0 saturated carbocycles. The predicted molar refractivity (Wildman–Crippen MR) is 162 cm³/mol. The van der Waals surface area contributed by atoms with Gasteiger partial charge in [-0.3, -0.25) is 20.1 Å². The number of hydrogen-bond donors (Lipinski definition) is 2. The van der Waals surface area contributed by atoms with Crippen molar-refractivity contribution in [3.63, 3.8) is 0 Å². The van der Waals surface area contributed by atoms with Crippen LogP contribution >= 0.6 is 0 Å². The van der Waals surface area contributed by atoms with Crippen LogP contribution in [0.4, 0.5) is 10.6 Å². The summed E-state index contributed by atoms with van der Waals surface area (Å²) >= 11 is 0. The summed E-state index contributed by atoms with van der Waals surface area (Å²) in [5.74, 6) is 1.58. The molecule has 1 aliphatic rings. The lowest BCUT2D eigenvalue weighted by Crippen LogP contribution is -2.36. The van der Waals surface area contributed by atoms with E-state index >= 15 is 0 Å². The molecule has 14 heteroatoms. The Morgan fingerprint density at radius 3 is 2.33 bits per heavy atom. The first-order chi connectivity index (χ1) is 22.3. The number of carbonyl (C=O) groups is 2. The molecule has 2 N–H and O–H groups in total. The Balaban J connectivity index is 1.17. The zero-order valence-electron chi connectivity index (χ0n) is 25.1. The molecule has 46 heavy (non-hydrogen) atoms. The van der Waals surface area contributed by atoms with E-state index in [0.29, 0.717) is 47.7 Å². The van der Waals surface area contributed by atoms with Crippen molar-refractivity contribution in [2.75, 3.05) is 4.90 Å². The second kappa shape index (κ2) is 13.3. The van der Waals surface area contributed by atoms with Gasteiger partial charge in [-0.1, -0.05) is 77.6 Å². The van der Waals surface area contributed by atoms with Gasteiger partial charge < -0.3 is 4.74 Å². The normalized spacial score (nSPS) is 12.8. The highest BCUT2D eigenvalue weighted by Gasteiger charge is 2.28. The maximum atomic E-state index is 12.9. The van der Waals surface area contributed by atoms with E-state index in [1.807, 2.05) is 62.4 Å². The fourth-order valence-corrected chi connectivity index (χ4v) is 5.35. The number of anilines is 1. The van der Waals surface area contributed by atoms with Gasteiger partial charge in [-0.15, -0.1) is 10.2 Å². The van der Waals surface area contributed by atoms with Crippen LogP contribution in [0.15, 0.2) is 72.8 Å². The summed E-state index contributed by atoms with van der Waals surface area (Å²) < 4.78 is 5.37. The first kappa shape index (κ1) is 30.6. The fraction of sp³-hybridized carbons (Fsp3) is 0.219. The summed E-state index contributed by atoms with van der Waals surface area (Å²) in [5, 5.41) is 29.5. The molecule has 0 unspecified atom stereocenters. The van der Waals surface area contributed by atoms with Crippen LogP contribution < -0.4 is 4.90 Å². The summed E-state index contributed by atoms with van der Waals surface area (Å²) in [7, 11) is 0. The van der Waals surface area contributed by atoms with Crippen molar-refractivity contribution in [1.82, 2.24) is 35.6 Å². The Labute approximate surface area is 263 Å². The maximum Gasteiger partial charge on any atom is 0.454 e. The van der Waals surface area contributed by atoms with Gasteiger partial charge in [0.15, 0.2) is 0 Å². The average molecular weight is 623 g/mol. The summed E-state index contributed by atoms with van der Waals surface area (Å²) in [6, 6.07) is 22.3. The fourth-order valence-electron chi connectivity index (χ4n) is 5.35. The minimum Gasteiger partial charge on any atom is -0.442 e. The van der Waals surface area contributed by atoms with Crippen LogP contribution in [-0.4, -0.2) is 58.0 Å². The lowest BCUT2D eigenvalue weighted by atomic mass is 9.98. The minimum absolute atomic E-state index is 0.0325. The number of aromatic nitrogens is 6. The largest absolute Gasteiger partial charge is 0.454 e. The number of nitrogens with zero attached hydrogens (tertiary/aromatic N) is 8. The van der Waals surface area contributed by atoms with Crippen LogP contribution in [0.5, 0.6) is 0 Å². The molecule has 2 aromatic heterocycles. The van der Waals surface area contributed by atoms with Crippen molar-refractivity contribution < 1.29 is 29.6 Å². The molecule has 5 aromatic rings. The van der Waals surface area contributed by atoms with Crippen molar-refractivity contribution in [2.24, 2.45) is 0 Å². The molecule has 0 radical (unpaired) electrons. The lowest BCUT2D eigenvalue weighted by Gasteiger charge is -2.29. The van der Waals surface area contributed by atoms with E-state index in [0.717, 1.165) is 32.7 Å². The van der Waals surface area contributed by atoms with E-state index in [1.54, 1.807) is 29.2 Å². The highest BCUT2D eigenvalue weighted by Crippen LogP contribution is 2.32. The Kier molecular flexibility index (Phi) is 8.85. The number of fused-ring (bicyclic) bond motifs is 1. The number of carbonyl (C=O) groups excluding carboxylic acids is 2. The van der Waals surface area contributed by atoms with Gasteiger partial charge in [-0.2, -0.15) is 0 Å². The smallest absolute Gasteiger partial charge is 0.442 e. The Hall–Kier alpha value is -5.41. The topological polar surface area (TPSA) is 169 Å². The summed E-state index contributed by atoms with van der Waals surface area (Å²) in [6.07, 6.45) is 0.220. The van der Waals surface area contributed by atoms with Gasteiger partial charge in [0.25, 0.3) is 0 Å². The number of ether oxygens (including phenoxy) is 1. The van der Waals surface area contributed by atoms with Crippen LogP contribution in [-0.2, 0) is 40.5 Å².